The van der Waals surface area contributed by atoms with Gasteiger partial charge in [-0.15, -0.1) is 0 Å². The van der Waals surface area contributed by atoms with Gasteiger partial charge in [-0.25, -0.2) is 0 Å². The molecule has 0 N–H and O–H groups in total. The summed E-state index contributed by atoms with van der Waals surface area (Å²) in [5, 5.41) is 3.79. The molecule has 2 amide bonds. The van der Waals surface area contributed by atoms with Gasteiger partial charge in [0.2, 0.25) is 17.7 Å². The molecule has 4 heterocycles. The lowest BCUT2D eigenvalue weighted by atomic mass is 10.1. The molecule has 8 heteroatoms. The van der Waals surface area contributed by atoms with Crippen molar-refractivity contribution in [3.05, 3.63) is 41.9 Å². The standard InChI is InChI=1S/C18H20N4O4/c1-11(15-4-3-5-25-15)6-16(23)21-9-14(10-21)22-8-13(7-17(22)24)18-19-12(2)20-26-18/h3-6,13-14H,7-10H2,1-2H3/b11-6+. The van der Waals surface area contributed by atoms with Crippen molar-refractivity contribution in [2.45, 2.75) is 32.2 Å². The second-order valence-corrected chi connectivity index (χ2v) is 6.83. The molecule has 136 valence electrons. The number of likely N-dealkylation sites (tertiary alicyclic amines) is 2. The van der Waals surface area contributed by atoms with Crippen LogP contribution in [0, 0.1) is 6.92 Å². The minimum atomic E-state index is -0.0640. The summed E-state index contributed by atoms with van der Waals surface area (Å²) in [5.74, 6) is 1.72. The molecule has 0 bridgehead atoms. The van der Waals surface area contributed by atoms with Gasteiger partial charge in [0.05, 0.1) is 18.2 Å². The lowest BCUT2D eigenvalue weighted by Crippen LogP contribution is -2.61. The molecule has 0 spiro atoms. The van der Waals surface area contributed by atoms with Gasteiger partial charge in [-0.3, -0.25) is 9.59 Å². The monoisotopic (exact) mass is 356 g/mol. The second-order valence-electron chi connectivity index (χ2n) is 6.83. The third-order valence-electron chi connectivity index (χ3n) is 4.92. The number of aryl methyl sites for hydroxylation is 1. The Bertz CT molecular complexity index is 848. The number of carbonyl (C=O) groups is 2. The Hall–Kier alpha value is -2.90. The molecule has 0 saturated carbocycles. The van der Waals surface area contributed by atoms with E-state index in [0.29, 0.717) is 43.5 Å². The number of furan rings is 1. The van der Waals surface area contributed by atoms with E-state index < -0.39 is 0 Å². The Balaban J connectivity index is 1.34. The van der Waals surface area contributed by atoms with Crippen molar-refractivity contribution in [1.82, 2.24) is 19.9 Å². The number of carbonyl (C=O) groups excluding carboxylic acids is 2. The van der Waals surface area contributed by atoms with Crippen LogP contribution in [0.1, 0.15) is 36.7 Å². The lowest BCUT2D eigenvalue weighted by molar-refractivity contribution is -0.140. The predicted octanol–water partition coefficient (Wildman–Crippen LogP) is 1.60. The van der Waals surface area contributed by atoms with E-state index in [2.05, 4.69) is 10.1 Å². The summed E-state index contributed by atoms with van der Waals surface area (Å²) in [6.45, 7) is 5.25. The van der Waals surface area contributed by atoms with Gasteiger partial charge >= 0.3 is 0 Å². The number of allylic oxidation sites excluding steroid dienone is 1. The Morgan fingerprint density at radius 3 is 2.81 bits per heavy atom. The van der Waals surface area contributed by atoms with E-state index in [0.717, 1.165) is 5.57 Å². The van der Waals surface area contributed by atoms with Crippen LogP contribution in [0.5, 0.6) is 0 Å². The predicted molar refractivity (Wildman–Crippen MR) is 90.8 cm³/mol. The van der Waals surface area contributed by atoms with Crippen LogP contribution < -0.4 is 0 Å². The van der Waals surface area contributed by atoms with Crippen LogP contribution in [-0.2, 0) is 9.59 Å². The van der Waals surface area contributed by atoms with E-state index in [1.807, 2.05) is 17.9 Å². The van der Waals surface area contributed by atoms with Crippen LogP contribution >= 0.6 is 0 Å². The third kappa shape index (κ3) is 3.02. The van der Waals surface area contributed by atoms with Gasteiger partial charge < -0.3 is 18.7 Å². The quantitative estimate of drug-likeness (QED) is 0.773. The molecule has 0 radical (unpaired) electrons. The summed E-state index contributed by atoms with van der Waals surface area (Å²) < 4.78 is 10.5. The minimum Gasteiger partial charge on any atom is -0.465 e. The topological polar surface area (TPSA) is 92.7 Å². The average Bonchev–Trinajstić information content (AvgIpc) is 3.27. The van der Waals surface area contributed by atoms with Crippen LogP contribution in [0.3, 0.4) is 0 Å². The Morgan fingerprint density at radius 2 is 2.15 bits per heavy atom. The third-order valence-corrected chi connectivity index (χ3v) is 4.92. The molecule has 2 aliphatic heterocycles. The molecule has 2 aliphatic rings. The molecule has 0 aliphatic carbocycles. The van der Waals surface area contributed by atoms with Gasteiger partial charge in [-0.05, 0) is 31.6 Å². The van der Waals surface area contributed by atoms with E-state index in [4.69, 9.17) is 8.94 Å². The fraction of sp³-hybridized carbons (Fsp3) is 0.444. The van der Waals surface area contributed by atoms with Crippen LogP contribution in [0.2, 0.25) is 0 Å². The van der Waals surface area contributed by atoms with Crippen LogP contribution in [0.25, 0.3) is 5.57 Å². The zero-order valence-electron chi connectivity index (χ0n) is 14.7. The number of hydrogen-bond donors (Lipinski definition) is 0. The molecule has 1 unspecified atom stereocenters. The maximum atomic E-state index is 12.3. The summed E-state index contributed by atoms with van der Waals surface area (Å²) in [5.41, 5.74) is 0.785. The number of aromatic nitrogens is 2. The van der Waals surface area contributed by atoms with Crippen molar-refractivity contribution in [1.29, 1.82) is 0 Å². The van der Waals surface area contributed by atoms with E-state index in [9.17, 15) is 9.59 Å². The first kappa shape index (κ1) is 16.6. The maximum absolute atomic E-state index is 12.3. The Labute approximate surface area is 150 Å². The molecule has 0 aromatic carbocycles. The van der Waals surface area contributed by atoms with Crippen molar-refractivity contribution < 1.29 is 18.5 Å². The first-order valence-electron chi connectivity index (χ1n) is 8.62. The van der Waals surface area contributed by atoms with Crippen molar-refractivity contribution in [2.75, 3.05) is 19.6 Å². The molecular weight excluding hydrogens is 336 g/mol. The van der Waals surface area contributed by atoms with Gasteiger partial charge in [0.1, 0.15) is 5.76 Å². The average molecular weight is 356 g/mol. The van der Waals surface area contributed by atoms with Crippen LogP contribution in [-0.4, -0.2) is 57.4 Å². The van der Waals surface area contributed by atoms with Gasteiger partial charge in [0.15, 0.2) is 5.82 Å². The van der Waals surface area contributed by atoms with Crippen molar-refractivity contribution in [2.24, 2.45) is 0 Å². The van der Waals surface area contributed by atoms with Crippen molar-refractivity contribution in [3.63, 3.8) is 0 Å². The van der Waals surface area contributed by atoms with Crippen molar-refractivity contribution in [3.8, 4) is 0 Å². The van der Waals surface area contributed by atoms with Gasteiger partial charge in [0.25, 0.3) is 0 Å². The van der Waals surface area contributed by atoms with Crippen LogP contribution in [0.15, 0.2) is 33.4 Å². The highest BCUT2D eigenvalue weighted by Gasteiger charge is 2.43. The SMILES string of the molecule is C/C(=C\C(=O)N1CC(N2CC(c3nc(C)no3)CC2=O)C1)c1ccco1. The molecule has 2 aromatic heterocycles. The summed E-state index contributed by atoms with van der Waals surface area (Å²) >= 11 is 0. The largest absolute Gasteiger partial charge is 0.465 e. The normalized spacial score (nSPS) is 21.4. The molecular formula is C18H20N4O4. The summed E-state index contributed by atoms with van der Waals surface area (Å²) in [4.78, 5) is 32.4. The highest BCUT2D eigenvalue weighted by atomic mass is 16.5. The molecule has 1 atom stereocenters. The molecule has 4 rings (SSSR count). The number of hydrogen-bond acceptors (Lipinski definition) is 6. The lowest BCUT2D eigenvalue weighted by Gasteiger charge is -2.43. The summed E-state index contributed by atoms with van der Waals surface area (Å²) in [6.07, 6.45) is 3.53. The highest BCUT2D eigenvalue weighted by molar-refractivity contribution is 5.95. The molecule has 26 heavy (non-hydrogen) atoms. The zero-order valence-corrected chi connectivity index (χ0v) is 14.7. The fourth-order valence-corrected chi connectivity index (χ4v) is 3.41. The molecule has 8 nitrogen and oxygen atoms in total. The number of amides is 2. The highest BCUT2D eigenvalue weighted by Crippen LogP contribution is 2.31. The molecule has 2 fully saturated rings. The number of nitrogens with zero attached hydrogens (tertiary/aromatic N) is 4. The van der Waals surface area contributed by atoms with E-state index in [-0.39, 0.29) is 23.8 Å². The Morgan fingerprint density at radius 1 is 1.35 bits per heavy atom. The maximum Gasteiger partial charge on any atom is 0.247 e. The van der Waals surface area contributed by atoms with Gasteiger partial charge in [-0.2, -0.15) is 4.98 Å². The first-order chi connectivity index (χ1) is 12.5. The van der Waals surface area contributed by atoms with Gasteiger partial charge in [0, 0.05) is 32.1 Å². The molecule has 2 saturated heterocycles. The van der Waals surface area contributed by atoms with Crippen molar-refractivity contribution >= 4 is 17.4 Å². The van der Waals surface area contributed by atoms with Crippen LogP contribution in [0.4, 0.5) is 0 Å². The van der Waals surface area contributed by atoms with E-state index in [1.54, 1.807) is 30.2 Å². The molecule has 2 aromatic rings. The van der Waals surface area contributed by atoms with Gasteiger partial charge in [-0.1, -0.05) is 5.16 Å². The fourth-order valence-electron chi connectivity index (χ4n) is 3.41. The number of rotatable bonds is 4. The summed E-state index contributed by atoms with van der Waals surface area (Å²) in [7, 11) is 0. The smallest absolute Gasteiger partial charge is 0.247 e. The van der Waals surface area contributed by atoms with E-state index in [1.165, 1.54) is 0 Å². The second kappa shape index (κ2) is 6.44. The minimum absolute atomic E-state index is 0.0535. The summed E-state index contributed by atoms with van der Waals surface area (Å²) in [6, 6.07) is 3.66. The zero-order chi connectivity index (χ0) is 18.3. The van der Waals surface area contributed by atoms with E-state index >= 15 is 0 Å². The first-order valence-corrected chi connectivity index (χ1v) is 8.62. The Kier molecular flexibility index (Phi) is 4.10.